The van der Waals surface area contributed by atoms with Crippen molar-refractivity contribution in [2.75, 3.05) is 0 Å². The summed E-state index contributed by atoms with van der Waals surface area (Å²) < 4.78 is 5.61. The van der Waals surface area contributed by atoms with Gasteiger partial charge in [0.25, 0.3) is 0 Å². The summed E-state index contributed by atoms with van der Waals surface area (Å²) in [4.78, 5) is 11.0. The third-order valence-corrected chi connectivity index (χ3v) is 2.49. The summed E-state index contributed by atoms with van der Waals surface area (Å²) in [5.41, 5.74) is 0. The van der Waals surface area contributed by atoms with Crippen molar-refractivity contribution < 1.29 is 9.53 Å². The molecule has 0 N–H and O–H groups in total. The molecule has 0 aromatic carbocycles. The van der Waals surface area contributed by atoms with E-state index in [4.69, 9.17) is 4.74 Å². The van der Waals surface area contributed by atoms with E-state index < -0.39 is 0 Å². The molecule has 0 fully saturated rings. The van der Waals surface area contributed by atoms with E-state index in [-0.39, 0.29) is 11.9 Å². The normalized spacial score (nSPS) is 23.3. The number of carbonyl (C=O) groups excluding carboxylic acids is 1. The van der Waals surface area contributed by atoms with E-state index in [2.05, 4.69) is 22.9 Å². The van der Waals surface area contributed by atoms with E-state index in [1.54, 1.807) is 0 Å². The lowest BCUT2D eigenvalue weighted by atomic mass is 10.0. The molecule has 1 atom stereocenters. The lowest BCUT2D eigenvalue weighted by Crippen LogP contribution is -2.09. The second kappa shape index (κ2) is 3.90. The van der Waals surface area contributed by atoms with Gasteiger partial charge in [-0.2, -0.15) is 0 Å². The van der Waals surface area contributed by atoms with Gasteiger partial charge in [0.05, 0.1) is 5.92 Å². The molecule has 0 bridgehead atoms. The average Bonchev–Trinajstić information content (AvgIpc) is 2.29. The van der Waals surface area contributed by atoms with Crippen molar-refractivity contribution in [3.8, 4) is 0 Å². The third-order valence-electron chi connectivity index (χ3n) is 1.75. The lowest BCUT2D eigenvalue weighted by Gasteiger charge is -2.04. The number of cyclic esters (lactones) is 1. The number of halogens is 1. The van der Waals surface area contributed by atoms with Crippen LogP contribution in [-0.4, -0.2) is 5.97 Å². The summed E-state index contributed by atoms with van der Waals surface area (Å²) in [5.74, 6) is -0.153. The smallest absolute Gasteiger partial charge is 0.318 e. The average molecular weight is 219 g/mol. The van der Waals surface area contributed by atoms with Gasteiger partial charge in [0.1, 0.15) is 6.26 Å². The largest absolute Gasteiger partial charge is 0.433 e. The molecular formula is C8H11BrO2. The van der Waals surface area contributed by atoms with Crippen LogP contribution >= 0.6 is 15.9 Å². The summed E-state index contributed by atoms with van der Waals surface area (Å²) in [6.45, 7) is 2.11. The Bertz CT molecular complexity index is 187. The molecule has 0 aliphatic carbocycles. The molecule has 62 valence electrons. The minimum Gasteiger partial charge on any atom is -0.433 e. The maximum atomic E-state index is 11.0. The third kappa shape index (κ3) is 2.06. The summed E-state index contributed by atoms with van der Waals surface area (Å²) in [6.07, 6.45) is 4.57. The predicted octanol–water partition coefficient (Wildman–Crippen LogP) is 2.59. The molecule has 2 nitrogen and oxygen atoms in total. The zero-order chi connectivity index (χ0) is 8.27. The molecule has 1 aliphatic rings. The van der Waals surface area contributed by atoms with Crippen molar-refractivity contribution in [3.05, 3.63) is 10.7 Å². The monoisotopic (exact) mass is 218 g/mol. The van der Waals surface area contributed by atoms with Gasteiger partial charge in [-0.25, -0.2) is 0 Å². The first kappa shape index (κ1) is 8.78. The molecule has 3 heteroatoms. The molecule has 0 aromatic rings. The first-order valence-corrected chi connectivity index (χ1v) is 4.61. The highest BCUT2D eigenvalue weighted by Crippen LogP contribution is 2.29. The molecule has 1 aliphatic heterocycles. The van der Waals surface area contributed by atoms with Crippen LogP contribution < -0.4 is 0 Å². The fraction of sp³-hybridized carbons (Fsp3) is 0.625. The SMILES string of the molecule is CCCCC1C(=O)OC=C1Br. The second-order valence-electron chi connectivity index (χ2n) is 2.63. The van der Waals surface area contributed by atoms with E-state index in [1.165, 1.54) is 6.26 Å². The highest BCUT2D eigenvalue weighted by Gasteiger charge is 2.27. The topological polar surface area (TPSA) is 26.3 Å². The summed E-state index contributed by atoms with van der Waals surface area (Å²) >= 11 is 3.29. The van der Waals surface area contributed by atoms with E-state index in [1.807, 2.05) is 0 Å². The number of esters is 1. The molecule has 1 heterocycles. The first-order chi connectivity index (χ1) is 5.25. The zero-order valence-electron chi connectivity index (χ0n) is 6.47. The quantitative estimate of drug-likeness (QED) is 0.682. The van der Waals surface area contributed by atoms with Gasteiger partial charge in [-0.1, -0.05) is 35.7 Å². The van der Waals surface area contributed by atoms with Crippen LogP contribution in [0.25, 0.3) is 0 Å². The van der Waals surface area contributed by atoms with Crippen LogP contribution in [0.1, 0.15) is 26.2 Å². The Morgan fingerprint density at radius 3 is 2.91 bits per heavy atom. The van der Waals surface area contributed by atoms with Crippen molar-refractivity contribution in [1.82, 2.24) is 0 Å². The number of hydrogen-bond donors (Lipinski definition) is 0. The summed E-state index contributed by atoms with van der Waals surface area (Å²) in [6, 6.07) is 0. The number of hydrogen-bond acceptors (Lipinski definition) is 2. The van der Waals surface area contributed by atoms with Gasteiger partial charge in [-0.15, -0.1) is 0 Å². The Labute approximate surface area is 74.7 Å². The highest BCUT2D eigenvalue weighted by molar-refractivity contribution is 9.11. The van der Waals surface area contributed by atoms with Crippen LogP contribution in [0.5, 0.6) is 0 Å². The van der Waals surface area contributed by atoms with Gasteiger partial charge in [0.15, 0.2) is 0 Å². The van der Waals surface area contributed by atoms with Gasteiger partial charge >= 0.3 is 5.97 Å². The first-order valence-electron chi connectivity index (χ1n) is 3.81. The van der Waals surface area contributed by atoms with Crippen LogP contribution in [0.3, 0.4) is 0 Å². The van der Waals surface area contributed by atoms with Crippen molar-refractivity contribution in [1.29, 1.82) is 0 Å². The Morgan fingerprint density at radius 1 is 1.73 bits per heavy atom. The van der Waals surface area contributed by atoms with Gasteiger partial charge in [0.2, 0.25) is 0 Å². The molecule has 11 heavy (non-hydrogen) atoms. The molecule has 0 radical (unpaired) electrons. The van der Waals surface area contributed by atoms with Crippen LogP contribution in [0.15, 0.2) is 10.7 Å². The minimum absolute atomic E-state index is 0.0325. The maximum Gasteiger partial charge on any atom is 0.318 e. The van der Waals surface area contributed by atoms with Crippen molar-refractivity contribution in [2.24, 2.45) is 5.92 Å². The molecule has 0 spiro atoms. The second-order valence-corrected chi connectivity index (χ2v) is 3.55. The lowest BCUT2D eigenvalue weighted by molar-refractivity contribution is -0.139. The van der Waals surface area contributed by atoms with Crippen molar-refractivity contribution in [3.63, 3.8) is 0 Å². The number of unbranched alkanes of at least 4 members (excludes halogenated alkanes) is 1. The van der Waals surface area contributed by atoms with Gasteiger partial charge < -0.3 is 4.74 Å². The van der Waals surface area contributed by atoms with Crippen molar-refractivity contribution >= 4 is 21.9 Å². The summed E-state index contributed by atoms with van der Waals surface area (Å²) in [7, 11) is 0. The molecule has 1 rings (SSSR count). The summed E-state index contributed by atoms with van der Waals surface area (Å²) in [5, 5.41) is 0. The number of ether oxygens (including phenoxy) is 1. The Balaban J connectivity index is 2.43. The Hall–Kier alpha value is -0.310. The number of rotatable bonds is 3. The van der Waals surface area contributed by atoms with E-state index in [0.29, 0.717) is 0 Å². The van der Waals surface area contributed by atoms with Crippen LogP contribution in [0.4, 0.5) is 0 Å². The van der Waals surface area contributed by atoms with E-state index in [9.17, 15) is 4.79 Å². The van der Waals surface area contributed by atoms with Crippen LogP contribution in [-0.2, 0) is 9.53 Å². The molecule has 0 aromatic heterocycles. The molecule has 0 amide bonds. The highest BCUT2D eigenvalue weighted by atomic mass is 79.9. The molecule has 0 saturated heterocycles. The van der Waals surface area contributed by atoms with Crippen molar-refractivity contribution in [2.45, 2.75) is 26.2 Å². The van der Waals surface area contributed by atoms with E-state index >= 15 is 0 Å². The Kier molecular flexibility index (Phi) is 3.12. The fourth-order valence-corrected chi connectivity index (χ4v) is 1.56. The van der Waals surface area contributed by atoms with Gasteiger partial charge in [-0.3, -0.25) is 4.79 Å². The molecule has 1 unspecified atom stereocenters. The fourth-order valence-electron chi connectivity index (χ4n) is 1.06. The minimum atomic E-state index is -0.120. The zero-order valence-corrected chi connectivity index (χ0v) is 8.06. The molecular weight excluding hydrogens is 208 g/mol. The predicted molar refractivity (Wildman–Crippen MR) is 46.1 cm³/mol. The number of carbonyl (C=O) groups is 1. The standard InChI is InChI=1S/C8H11BrO2/c1-2-3-4-6-7(9)5-11-8(6)10/h5-6H,2-4H2,1H3. The van der Waals surface area contributed by atoms with Gasteiger partial charge in [-0.05, 0) is 6.42 Å². The maximum absolute atomic E-state index is 11.0. The molecule has 0 saturated carbocycles. The van der Waals surface area contributed by atoms with E-state index in [0.717, 1.165) is 23.7 Å². The Morgan fingerprint density at radius 2 is 2.45 bits per heavy atom. The van der Waals surface area contributed by atoms with Crippen LogP contribution in [0.2, 0.25) is 0 Å². The van der Waals surface area contributed by atoms with Gasteiger partial charge in [0, 0.05) is 4.48 Å². The van der Waals surface area contributed by atoms with Crippen LogP contribution in [0, 0.1) is 5.92 Å².